The minimum atomic E-state index is -1.49. The molecule has 0 amide bonds. The number of rotatable bonds is 2. The highest BCUT2D eigenvalue weighted by molar-refractivity contribution is 5.82. The molecule has 1 aliphatic heterocycles. The lowest BCUT2D eigenvalue weighted by Gasteiger charge is -2.34. The van der Waals surface area contributed by atoms with Gasteiger partial charge in [-0.05, 0) is 31.5 Å². The van der Waals surface area contributed by atoms with Gasteiger partial charge in [-0.1, -0.05) is 6.07 Å². The van der Waals surface area contributed by atoms with Crippen LogP contribution in [0.15, 0.2) is 18.2 Å². The van der Waals surface area contributed by atoms with Crippen molar-refractivity contribution in [2.75, 3.05) is 13.1 Å². The van der Waals surface area contributed by atoms with Crippen molar-refractivity contribution in [1.29, 1.82) is 0 Å². The molecule has 0 aromatic heterocycles. The third kappa shape index (κ3) is 1.91. The van der Waals surface area contributed by atoms with Crippen molar-refractivity contribution in [2.45, 2.75) is 18.3 Å². The highest BCUT2D eigenvalue weighted by atomic mass is 19.1. The molecule has 0 bridgehead atoms. The predicted octanol–water partition coefficient (Wildman–Crippen LogP) is 1.67. The van der Waals surface area contributed by atoms with Crippen molar-refractivity contribution >= 4 is 5.97 Å². The summed E-state index contributed by atoms with van der Waals surface area (Å²) in [7, 11) is 0. The Kier molecular flexibility index (Phi) is 3.11. The summed E-state index contributed by atoms with van der Waals surface area (Å²) in [6.07, 6.45) is 0.827. The number of aliphatic carboxylic acids is 1. The number of nitrogens with one attached hydrogen (secondary N) is 1. The number of carboxylic acid groups (broad SMARTS) is 1. The Morgan fingerprint density at radius 1 is 1.35 bits per heavy atom. The molecule has 2 N–H and O–H groups in total. The van der Waals surface area contributed by atoms with E-state index in [2.05, 4.69) is 5.32 Å². The molecule has 0 aliphatic carbocycles. The molecule has 0 spiro atoms. The van der Waals surface area contributed by atoms with Crippen LogP contribution < -0.4 is 5.32 Å². The van der Waals surface area contributed by atoms with Gasteiger partial charge in [0.05, 0.1) is 0 Å². The number of carbonyl (C=O) groups is 1. The first kappa shape index (κ1) is 12.0. The molecule has 1 heterocycles. The van der Waals surface area contributed by atoms with Gasteiger partial charge in [-0.25, -0.2) is 8.78 Å². The summed E-state index contributed by atoms with van der Waals surface area (Å²) < 4.78 is 27.4. The van der Waals surface area contributed by atoms with E-state index in [-0.39, 0.29) is 18.5 Å². The molecular formula is C12H13F2NO2. The third-order valence-corrected chi connectivity index (χ3v) is 3.23. The molecular weight excluding hydrogens is 228 g/mol. The Morgan fingerprint density at radius 3 is 2.47 bits per heavy atom. The Bertz CT molecular complexity index is 422. The normalized spacial score (nSPS) is 24.6. The molecule has 17 heavy (non-hydrogen) atoms. The second-order valence-electron chi connectivity index (χ2n) is 4.26. The zero-order valence-corrected chi connectivity index (χ0v) is 9.17. The van der Waals surface area contributed by atoms with Gasteiger partial charge in [0.1, 0.15) is 17.0 Å². The quantitative estimate of drug-likeness (QED) is 0.828. The molecule has 5 heteroatoms. The van der Waals surface area contributed by atoms with Crippen LogP contribution in [0.3, 0.4) is 0 Å². The van der Waals surface area contributed by atoms with Gasteiger partial charge < -0.3 is 10.4 Å². The van der Waals surface area contributed by atoms with Crippen LogP contribution in [-0.2, 0) is 10.2 Å². The maximum absolute atomic E-state index is 13.7. The first-order valence-corrected chi connectivity index (χ1v) is 5.46. The van der Waals surface area contributed by atoms with Crippen molar-refractivity contribution in [3.63, 3.8) is 0 Å². The van der Waals surface area contributed by atoms with Gasteiger partial charge in [-0.15, -0.1) is 0 Å². The number of hydrogen-bond donors (Lipinski definition) is 2. The molecule has 0 radical (unpaired) electrons. The van der Waals surface area contributed by atoms with E-state index < -0.39 is 23.0 Å². The Labute approximate surface area is 97.5 Å². The van der Waals surface area contributed by atoms with E-state index in [1.165, 1.54) is 6.07 Å². The van der Waals surface area contributed by atoms with E-state index in [4.69, 9.17) is 0 Å². The van der Waals surface area contributed by atoms with Gasteiger partial charge in [0, 0.05) is 12.1 Å². The fourth-order valence-electron chi connectivity index (χ4n) is 2.36. The van der Waals surface area contributed by atoms with Crippen LogP contribution in [0.5, 0.6) is 0 Å². The zero-order chi connectivity index (χ0) is 12.5. The number of piperidine rings is 1. The van der Waals surface area contributed by atoms with E-state index in [0.29, 0.717) is 13.0 Å². The van der Waals surface area contributed by atoms with E-state index in [9.17, 15) is 18.7 Å². The number of hydrogen-bond acceptors (Lipinski definition) is 2. The monoisotopic (exact) mass is 241 g/mol. The maximum atomic E-state index is 13.7. The lowest BCUT2D eigenvalue weighted by Crippen LogP contribution is -2.50. The van der Waals surface area contributed by atoms with Crippen molar-refractivity contribution < 1.29 is 18.7 Å². The SMILES string of the molecule is O=C(O)C1(c2c(F)cccc2F)CCCNC1. The van der Waals surface area contributed by atoms with E-state index in [1.54, 1.807) is 0 Å². The summed E-state index contributed by atoms with van der Waals surface area (Å²) in [6.45, 7) is 0.727. The van der Waals surface area contributed by atoms with Crippen LogP contribution in [0, 0.1) is 11.6 Å². The summed E-state index contributed by atoms with van der Waals surface area (Å²) in [5.74, 6) is -2.78. The van der Waals surface area contributed by atoms with Crippen LogP contribution in [-0.4, -0.2) is 24.2 Å². The van der Waals surface area contributed by atoms with E-state index in [0.717, 1.165) is 12.1 Å². The first-order valence-electron chi connectivity index (χ1n) is 5.46. The van der Waals surface area contributed by atoms with Crippen molar-refractivity contribution in [2.24, 2.45) is 0 Å². The van der Waals surface area contributed by atoms with Gasteiger partial charge in [-0.2, -0.15) is 0 Å². The van der Waals surface area contributed by atoms with Gasteiger partial charge in [0.25, 0.3) is 0 Å². The standard InChI is InChI=1S/C12H13F2NO2/c13-8-3-1-4-9(14)10(8)12(11(16)17)5-2-6-15-7-12/h1,3-4,15H,2,5-7H2,(H,16,17). The fraction of sp³-hybridized carbons (Fsp3) is 0.417. The Hall–Kier alpha value is -1.49. The average Bonchev–Trinajstić information content (AvgIpc) is 2.29. The Morgan fingerprint density at radius 2 is 2.00 bits per heavy atom. The average molecular weight is 241 g/mol. The van der Waals surface area contributed by atoms with Crippen molar-refractivity contribution in [3.8, 4) is 0 Å². The minimum Gasteiger partial charge on any atom is -0.481 e. The molecule has 92 valence electrons. The second kappa shape index (κ2) is 4.41. The molecule has 1 fully saturated rings. The van der Waals surface area contributed by atoms with Gasteiger partial charge in [-0.3, -0.25) is 4.79 Å². The predicted molar refractivity (Wildman–Crippen MR) is 57.8 cm³/mol. The molecule has 2 rings (SSSR count). The largest absolute Gasteiger partial charge is 0.481 e. The number of halogens is 2. The maximum Gasteiger partial charge on any atom is 0.315 e. The van der Waals surface area contributed by atoms with Crippen LogP contribution in [0.2, 0.25) is 0 Å². The van der Waals surface area contributed by atoms with Crippen LogP contribution >= 0.6 is 0 Å². The lowest BCUT2D eigenvalue weighted by molar-refractivity contribution is -0.144. The fourth-order valence-corrected chi connectivity index (χ4v) is 2.36. The molecule has 1 saturated heterocycles. The highest BCUT2D eigenvalue weighted by Gasteiger charge is 2.45. The van der Waals surface area contributed by atoms with Crippen LogP contribution in [0.25, 0.3) is 0 Å². The summed E-state index contributed by atoms with van der Waals surface area (Å²) in [6, 6.07) is 3.43. The molecule has 1 unspecified atom stereocenters. The summed E-state index contributed by atoms with van der Waals surface area (Å²) in [5, 5.41) is 12.2. The van der Waals surface area contributed by atoms with Crippen molar-refractivity contribution in [1.82, 2.24) is 5.32 Å². The van der Waals surface area contributed by atoms with Gasteiger partial charge in [0.2, 0.25) is 0 Å². The van der Waals surface area contributed by atoms with Crippen LogP contribution in [0.1, 0.15) is 18.4 Å². The highest BCUT2D eigenvalue weighted by Crippen LogP contribution is 2.35. The number of carboxylic acids is 1. The lowest BCUT2D eigenvalue weighted by atomic mass is 9.74. The van der Waals surface area contributed by atoms with E-state index >= 15 is 0 Å². The summed E-state index contributed by atoms with van der Waals surface area (Å²) in [4.78, 5) is 11.4. The summed E-state index contributed by atoms with van der Waals surface area (Å²) in [5.41, 5.74) is -1.83. The minimum absolute atomic E-state index is 0.0557. The smallest absolute Gasteiger partial charge is 0.315 e. The molecule has 0 saturated carbocycles. The molecule has 1 aliphatic rings. The van der Waals surface area contributed by atoms with Crippen molar-refractivity contribution in [3.05, 3.63) is 35.4 Å². The van der Waals surface area contributed by atoms with Gasteiger partial charge in [0.15, 0.2) is 0 Å². The second-order valence-corrected chi connectivity index (χ2v) is 4.26. The van der Waals surface area contributed by atoms with Gasteiger partial charge >= 0.3 is 5.97 Å². The van der Waals surface area contributed by atoms with Crippen LogP contribution in [0.4, 0.5) is 8.78 Å². The molecule has 1 aromatic rings. The first-order chi connectivity index (χ1) is 8.08. The Balaban J connectivity index is 2.56. The number of benzene rings is 1. The molecule has 3 nitrogen and oxygen atoms in total. The zero-order valence-electron chi connectivity index (χ0n) is 9.17. The molecule has 1 atom stereocenters. The van der Waals surface area contributed by atoms with E-state index in [1.807, 2.05) is 0 Å². The third-order valence-electron chi connectivity index (χ3n) is 3.23. The summed E-state index contributed by atoms with van der Waals surface area (Å²) >= 11 is 0. The topological polar surface area (TPSA) is 49.3 Å². The molecule has 1 aromatic carbocycles.